The molecule has 3 rings (SSSR count). The van der Waals surface area contributed by atoms with Crippen LogP contribution in [0.15, 0.2) is 48.7 Å². The van der Waals surface area contributed by atoms with Gasteiger partial charge < -0.3 is 10.6 Å². The van der Waals surface area contributed by atoms with Crippen molar-refractivity contribution < 1.29 is 0 Å². The Morgan fingerprint density at radius 2 is 1.77 bits per heavy atom. The van der Waals surface area contributed by atoms with Gasteiger partial charge in [0.05, 0.1) is 11.9 Å². The standard InChI is InChI=1S/C17H19N5/c1-12-4-7-14(18)10-17(12)22-11-16(19-20-22)13-5-8-15(9-6-13)21(2)3/h4-11H,18H2,1-3H3. The molecule has 0 bridgehead atoms. The lowest BCUT2D eigenvalue weighted by molar-refractivity contribution is 0.799. The molecule has 0 spiro atoms. The van der Waals surface area contributed by atoms with Crippen molar-refractivity contribution in [2.24, 2.45) is 0 Å². The molecule has 0 saturated heterocycles. The van der Waals surface area contributed by atoms with Gasteiger partial charge in [-0.05, 0) is 36.8 Å². The van der Waals surface area contributed by atoms with E-state index in [9.17, 15) is 0 Å². The van der Waals surface area contributed by atoms with Crippen molar-refractivity contribution >= 4 is 11.4 Å². The molecule has 2 aromatic carbocycles. The fourth-order valence-corrected chi connectivity index (χ4v) is 2.32. The van der Waals surface area contributed by atoms with Crippen LogP contribution in [-0.2, 0) is 0 Å². The van der Waals surface area contributed by atoms with E-state index in [0.717, 1.165) is 28.2 Å². The second-order valence-electron chi connectivity index (χ2n) is 5.54. The second kappa shape index (κ2) is 5.52. The Morgan fingerprint density at radius 1 is 1.05 bits per heavy atom. The van der Waals surface area contributed by atoms with E-state index >= 15 is 0 Å². The summed E-state index contributed by atoms with van der Waals surface area (Å²) in [5.41, 5.74) is 11.7. The minimum atomic E-state index is 0.716. The fraction of sp³-hybridized carbons (Fsp3) is 0.176. The number of nitrogens with zero attached hydrogens (tertiary/aromatic N) is 4. The molecule has 0 aliphatic heterocycles. The number of nitrogen functional groups attached to an aromatic ring is 1. The van der Waals surface area contributed by atoms with Gasteiger partial charge in [-0.3, -0.25) is 0 Å². The number of nitrogens with two attached hydrogens (primary N) is 1. The monoisotopic (exact) mass is 293 g/mol. The summed E-state index contributed by atoms with van der Waals surface area (Å²) in [6.45, 7) is 2.03. The largest absolute Gasteiger partial charge is 0.399 e. The molecule has 1 aromatic heterocycles. The smallest absolute Gasteiger partial charge is 0.113 e. The summed E-state index contributed by atoms with van der Waals surface area (Å²) in [6.07, 6.45) is 1.92. The third-order valence-electron chi connectivity index (χ3n) is 3.65. The van der Waals surface area contributed by atoms with Crippen LogP contribution in [0.4, 0.5) is 11.4 Å². The Morgan fingerprint density at radius 3 is 2.45 bits per heavy atom. The van der Waals surface area contributed by atoms with Gasteiger partial charge in [0, 0.05) is 31.0 Å². The first-order valence-corrected chi connectivity index (χ1v) is 7.11. The molecule has 3 aromatic rings. The van der Waals surface area contributed by atoms with Gasteiger partial charge in [-0.1, -0.05) is 23.4 Å². The van der Waals surface area contributed by atoms with Crippen molar-refractivity contribution in [2.45, 2.75) is 6.92 Å². The predicted molar refractivity (Wildman–Crippen MR) is 90.3 cm³/mol. The van der Waals surface area contributed by atoms with Gasteiger partial charge in [0.1, 0.15) is 5.69 Å². The first-order chi connectivity index (χ1) is 10.5. The molecule has 0 aliphatic carbocycles. The SMILES string of the molecule is Cc1ccc(N)cc1-n1cc(-c2ccc(N(C)C)cc2)nn1. The number of benzene rings is 2. The zero-order valence-corrected chi connectivity index (χ0v) is 13.0. The van der Waals surface area contributed by atoms with E-state index in [1.807, 2.05) is 45.4 Å². The molecular weight excluding hydrogens is 274 g/mol. The van der Waals surface area contributed by atoms with Crippen LogP contribution >= 0.6 is 0 Å². The lowest BCUT2D eigenvalue weighted by Gasteiger charge is -2.11. The van der Waals surface area contributed by atoms with E-state index in [2.05, 4.69) is 39.5 Å². The normalized spacial score (nSPS) is 10.7. The first kappa shape index (κ1) is 14.1. The van der Waals surface area contributed by atoms with Crippen molar-refractivity contribution in [3.05, 3.63) is 54.2 Å². The van der Waals surface area contributed by atoms with Gasteiger partial charge >= 0.3 is 0 Å². The number of aryl methyl sites for hydroxylation is 1. The summed E-state index contributed by atoms with van der Waals surface area (Å²) in [5.74, 6) is 0. The van der Waals surface area contributed by atoms with E-state index in [1.165, 1.54) is 0 Å². The molecule has 0 radical (unpaired) electrons. The third-order valence-corrected chi connectivity index (χ3v) is 3.65. The molecule has 22 heavy (non-hydrogen) atoms. The summed E-state index contributed by atoms with van der Waals surface area (Å²) in [7, 11) is 4.04. The minimum Gasteiger partial charge on any atom is -0.399 e. The highest BCUT2D eigenvalue weighted by Crippen LogP contribution is 2.22. The molecule has 112 valence electrons. The number of hydrogen-bond acceptors (Lipinski definition) is 4. The van der Waals surface area contributed by atoms with Crippen LogP contribution in [0.2, 0.25) is 0 Å². The summed E-state index contributed by atoms with van der Waals surface area (Å²) < 4.78 is 1.76. The van der Waals surface area contributed by atoms with Crippen molar-refractivity contribution in [1.82, 2.24) is 15.0 Å². The number of aromatic nitrogens is 3. The molecular formula is C17H19N5. The zero-order valence-electron chi connectivity index (χ0n) is 13.0. The molecule has 5 nitrogen and oxygen atoms in total. The van der Waals surface area contributed by atoms with Gasteiger partial charge in [-0.15, -0.1) is 5.10 Å². The Kier molecular flexibility index (Phi) is 3.55. The topological polar surface area (TPSA) is 60.0 Å². The van der Waals surface area contributed by atoms with Gasteiger partial charge in [0.15, 0.2) is 0 Å². The van der Waals surface area contributed by atoms with Crippen molar-refractivity contribution in [3.8, 4) is 16.9 Å². The van der Waals surface area contributed by atoms with Crippen LogP contribution in [-0.4, -0.2) is 29.1 Å². The van der Waals surface area contributed by atoms with Crippen LogP contribution in [0, 0.1) is 6.92 Å². The highest BCUT2D eigenvalue weighted by atomic mass is 15.4. The minimum absolute atomic E-state index is 0.716. The quantitative estimate of drug-likeness (QED) is 0.754. The van der Waals surface area contributed by atoms with Crippen molar-refractivity contribution in [1.29, 1.82) is 0 Å². The molecule has 0 atom stereocenters. The highest BCUT2D eigenvalue weighted by Gasteiger charge is 2.08. The van der Waals surface area contributed by atoms with Crippen LogP contribution in [0.25, 0.3) is 16.9 Å². The van der Waals surface area contributed by atoms with E-state index in [0.29, 0.717) is 5.69 Å². The summed E-state index contributed by atoms with van der Waals surface area (Å²) >= 11 is 0. The Balaban J connectivity index is 1.95. The molecule has 5 heteroatoms. The van der Waals surface area contributed by atoms with E-state index in [-0.39, 0.29) is 0 Å². The van der Waals surface area contributed by atoms with Gasteiger partial charge in [0.2, 0.25) is 0 Å². The summed E-state index contributed by atoms with van der Waals surface area (Å²) in [5, 5.41) is 8.49. The molecule has 0 amide bonds. The zero-order chi connectivity index (χ0) is 15.7. The number of anilines is 2. The molecule has 0 aliphatic rings. The molecule has 0 unspecified atom stereocenters. The van der Waals surface area contributed by atoms with E-state index in [4.69, 9.17) is 5.73 Å². The summed E-state index contributed by atoms with van der Waals surface area (Å²) in [6, 6.07) is 14.0. The van der Waals surface area contributed by atoms with Crippen LogP contribution < -0.4 is 10.6 Å². The molecule has 2 N–H and O–H groups in total. The van der Waals surface area contributed by atoms with Gasteiger partial charge in [0.25, 0.3) is 0 Å². The maximum Gasteiger partial charge on any atom is 0.113 e. The maximum atomic E-state index is 5.86. The average Bonchev–Trinajstić information content (AvgIpc) is 2.99. The Labute approximate surface area is 130 Å². The van der Waals surface area contributed by atoms with Gasteiger partial charge in [-0.2, -0.15) is 0 Å². The molecule has 0 fully saturated rings. The van der Waals surface area contributed by atoms with Crippen molar-refractivity contribution in [3.63, 3.8) is 0 Å². The van der Waals surface area contributed by atoms with E-state index < -0.39 is 0 Å². The predicted octanol–water partition coefficient (Wildman–Crippen LogP) is 2.89. The van der Waals surface area contributed by atoms with Crippen LogP contribution in [0.1, 0.15) is 5.56 Å². The summed E-state index contributed by atoms with van der Waals surface area (Å²) in [4.78, 5) is 2.07. The molecule has 0 saturated carbocycles. The van der Waals surface area contributed by atoms with Crippen LogP contribution in [0.3, 0.4) is 0 Å². The Hall–Kier alpha value is -2.82. The second-order valence-corrected chi connectivity index (χ2v) is 5.54. The highest BCUT2D eigenvalue weighted by molar-refractivity contribution is 5.63. The number of hydrogen-bond donors (Lipinski definition) is 1. The number of rotatable bonds is 3. The molecule has 1 heterocycles. The maximum absolute atomic E-state index is 5.86. The fourth-order valence-electron chi connectivity index (χ4n) is 2.32. The van der Waals surface area contributed by atoms with Gasteiger partial charge in [-0.25, -0.2) is 4.68 Å². The lowest BCUT2D eigenvalue weighted by Crippen LogP contribution is -2.07. The lowest BCUT2D eigenvalue weighted by atomic mass is 10.1. The third kappa shape index (κ3) is 2.65. The first-order valence-electron chi connectivity index (χ1n) is 7.11. The Bertz CT molecular complexity index is 787. The van der Waals surface area contributed by atoms with E-state index in [1.54, 1.807) is 4.68 Å². The van der Waals surface area contributed by atoms with Crippen LogP contribution in [0.5, 0.6) is 0 Å². The average molecular weight is 293 g/mol. The van der Waals surface area contributed by atoms with Crippen molar-refractivity contribution in [2.75, 3.05) is 24.7 Å².